The van der Waals surface area contributed by atoms with Crippen LogP contribution in [0.15, 0.2) is 48.0 Å². The molecule has 0 saturated heterocycles. The lowest BCUT2D eigenvalue weighted by atomic mass is 10.0. The number of nitrogens with zero attached hydrogens (tertiary/aromatic N) is 4. The molecule has 1 N–H and O–H groups in total. The zero-order valence-corrected chi connectivity index (χ0v) is 10.2. The molecule has 6 nitrogen and oxygen atoms in total. The van der Waals surface area contributed by atoms with Gasteiger partial charge < -0.3 is 5.32 Å². The van der Waals surface area contributed by atoms with Crippen molar-refractivity contribution < 1.29 is 4.79 Å². The predicted molar refractivity (Wildman–Crippen MR) is 70.1 cm³/mol. The maximum Gasteiger partial charge on any atom is 0.195 e. The molecule has 0 amide bonds. The number of benzene rings is 1. The first-order valence-corrected chi connectivity index (χ1v) is 6.08. The van der Waals surface area contributed by atoms with Crippen LogP contribution in [0, 0.1) is 0 Å². The average Bonchev–Trinajstić information content (AvgIpc) is 3.13. The number of amidine groups is 1. The normalized spacial score (nSPS) is 15.7. The first-order chi connectivity index (χ1) is 9.36. The van der Waals surface area contributed by atoms with E-state index in [9.17, 15) is 4.79 Å². The number of carbonyl (C=O) groups excluding carboxylic acids is 1. The highest BCUT2D eigenvalue weighted by Crippen LogP contribution is 2.15. The van der Waals surface area contributed by atoms with Gasteiger partial charge in [0.1, 0.15) is 18.5 Å². The van der Waals surface area contributed by atoms with E-state index < -0.39 is 6.04 Å². The van der Waals surface area contributed by atoms with Crippen LogP contribution in [0.25, 0.3) is 0 Å². The number of Topliss-reactive ketones (excluding diaryl/α,β-unsaturated/α-hetero) is 1. The lowest BCUT2D eigenvalue weighted by Crippen LogP contribution is -2.35. The summed E-state index contributed by atoms with van der Waals surface area (Å²) >= 11 is 0. The van der Waals surface area contributed by atoms with Crippen LogP contribution < -0.4 is 5.32 Å². The summed E-state index contributed by atoms with van der Waals surface area (Å²) in [7, 11) is 0. The zero-order chi connectivity index (χ0) is 13.1. The Balaban J connectivity index is 1.98. The van der Waals surface area contributed by atoms with Crippen molar-refractivity contribution in [2.24, 2.45) is 4.99 Å². The van der Waals surface area contributed by atoms with Crippen LogP contribution in [-0.2, 0) is 0 Å². The number of ketones is 1. The number of aliphatic imine (C=N–C) groups is 1. The molecule has 1 aliphatic heterocycles. The Morgan fingerprint density at radius 2 is 2.16 bits per heavy atom. The van der Waals surface area contributed by atoms with Crippen molar-refractivity contribution in [3.8, 4) is 0 Å². The molecule has 1 atom stereocenters. The molecule has 1 aromatic carbocycles. The largest absolute Gasteiger partial charge is 0.370 e. The second-order valence-corrected chi connectivity index (χ2v) is 4.20. The molecule has 1 unspecified atom stereocenters. The van der Waals surface area contributed by atoms with E-state index in [4.69, 9.17) is 0 Å². The van der Waals surface area contributed by atoms with Gasteiger partial charge in [0.25, 0.3) is 0 Å². The van der Waals surface area contributed by atoms with E-state index in [1.807, 2.05) is 18.2 Å². The molecule has 0 fully saturated rings. The predicted octanol–water partition coefficient (Wildman–Crippen LogP) is 0.704. The van der Waals surface area contributed by atoms with Gasteiger partial charge in [-0.3, -0.25) is 9.79 Å². The molecular formula is C13H13N5O. The van der Waals surface area contributed by atoms with Crippen molar-refractivity contribution in [3.63, 3.8) is 0 Å². The summed E-state index contributed by atoms with van der Waals surface area (Å²) in [5.74, 6) is 0.610. The van der Waals surface area contributed by atoms with Crippen molar-refractivity contribution in [3.05, 3.63) is 48.5 Å². The van der Waals surface area contributed by atoms with Gasteiger partial charge in [0.15, 0.2) is 11.8 Å². The summed E-state index contributed by atoms with van der Waals surface area (Å²) in [6, 6.07) is 8.59. The molecule has 0 radical (unpaired) electrons. The average molecular weight is 255 g/mol. The van der Waals surface area contributed by atoms with E-state index in [0.717, 1.165) is 6.54 Å². The molecule has 0 spiro atoms. The fourth-order valence-electron chi connectivity index (χ4n) is 2.08. The van der Waals surface area contributed by atoms with E-state index in [1.165, 1.54) is 17.3 Å². The summed E-state index contributed by atoms with van der Waals surface area (Å²) in [5, 5.41) is 7.21. The molecule has 0 bridgehead atoms. The summed E-state index contributed by atoms with van der Waals surface area (Å²) in [6.07, 6.45) is 2.95. The number of nitrogens with one attached hydrogen (secondary N) is 1. The Bertz CT molecular complexity index is 591. The Kier molecular flexibility index (Phi) is 3.06. The van der Waals surface area contributed by atoms with Gasteiger partial charge >= 0.3 is 0 Å². The SMILES string of the molecule is O=C(c1ccccc1)C(C1=NCCN1)n1cncn1. The minimum atomic E-state index is -0.563. The van der Waals surface area contributed by atoms with Gasteiger partial charge in [0, 0.05) is 12.1 Å². The second kappa shape index (κ2) is 5.01. The minimum absolute atomic E-state index is 0.0424. The Hall–Kier alpha value is -2.50. The van der Waals surface area contributed by atoms with Gasteiger partial charge in [-0.25, -0.2) is 9.67 Å². The molecule has 19 heavy (non-hydrogen) atoms. The lowest BCUT2D eigenvalue weighted by molar-refractivity contribution is 0.0951. The van der Waals surface area contributed by atoms with Crippen molar-refractivity contribution in [1.82, 2.24) is 20.1 Å². The van der Waals surface area contributed by atoms with Crippen LogP contribution >= 0.6 is 0 Å². The summed E-state index contributed by atoms with van der Waals surface area (Å²) < 4.78 is 1.53. The third-order valence-corrected chi connectivity index (χ3v) is 2.97. The van der Waals surface area contributed by atoms with E-state index in [0.29, 0.717) is 17.9 Å². The third kappa shape index (κ3) is 2.24. The van der Waals surface area contributed by atoms with Gasteiger partial charge in [-0.05, 0) is 0 Å². The standard InChI is InChI=1S/C13H13N5O/c19-12(10-4-2-1-3-5-10)11(13-15-6-7-16-13)18-9-14-8-17-18/h1-5,8-9,11H,6-7H2,(H,15,16). The monoisotopic (exact) mass is 255 g/mol. The van der Waals surface area contributed by atoms with Crippen LogP contribution in [0.3, 0.4) is 0 Å². The lowest BCUT2D eigenvalue weighted by Gasteiger charge is -2.16. The first-order valence-electron chi connectivity index (χ1n) is 6.08. The van der Waals surface area contributed by atoms with Crippen molar-refractivity contribution >= 4 is 11.6 Å². The van der Waals surface area contributed by atoms with Crippen molar-refractivity contribution in [2.75, 3.05) is 13.1 Å². The summed E-state index contributed by atoms with van der Waals surface area (Å²) in [5.41, 5.74) is 0.638. The molecule has 3 rings (SSSR count). The maximum absolute atomic E-state index is 12.6. The highest BCUT2D eigenvalue weighted by molar-refractivity contribution is 6.13. The van der Waals surface area contributed by atoms with Crippen LogP contribution in [0.4, 0.5) is 0 Å². The quantitative estimate of drug-likeness (QED) is 0.816. The van der Waals surface area contributed by atoms with E-state index in [-0.39, 0.29) is 5.78 Å². The number of hydrogen-bond donors (Lipinski definition) is 1. The molecule has 1 aromatic heterocycles. The molecule has 1 aliphatic rings. The van der Waals surface area contributed by atoms with Crippen LogP contribution in [0.2, 0.25) is 0 Å². The summed E-state index contributed by atoms with van der Waals surface area (Å²) in [6.45, 7) is 1.44. The number of rotatable bonds is 4. The smallest absolute Gasteiger partial charge is 0.195 e. The highest BCUT2D eigenvalue weighted by atomic mass is 16.1. The van der Waals surface area contributed by atoms with E-state index in [2.05, 4.69) is 20.4 Å². The molecule has 0 aliphatic carbocycles. The number of carbonyl (C=O) groups is 1. The minimum Gasteiger partial charge on any atom is -0.370 e. The molecule has 96 valence electrons. The fraction of sp³-hybridized carbons (Fsp3) is 0.231. The van der Waals surface area contributed by atoms with Gasteiger partial charge in [-0.1, -0.05) is 30.3 Å². The van der Waals surface area contributed by atoms with E-state index >= 15 is 0 Å². The fourth-order valence-corrected chi connectivity index (χ4v) is 2.08. The summed E-state index contributed by atoms with van der Waals surface area (Å²) in [4.78, 5) is 20.9. The van der Waals surface area contributed by atoms with Crippen molar-refractivity contribution in [1.29, 1.82) is 0 Å². The second-order valence-electron chi connectivity index (χ2n) is 4.20. The van der Waals surface area contributed by atoms with Gasteiger partial charge in [0.05, 0.1) is 6.54 Å². The zero-order valence-electron chi connectivity index (χ0n) is 10.2. The van der Waals surface area contributed by atoms with Gasteiger partial charge in [-0.15, -0.1) is 0 Å². The Morgan fingerprint density at radius 3 is 2.79 bits per heavy atom. The van der Waals surface area contributed by atoms with Crippen LogP contribution in [-0.4, -0.2) is 39.5 Å². The highest BCUT2D eigenvalue weighted by Gasteiger charge is 2.29. The van der Waals surface area contributed by atoms with Crippen LogP contribution in [0.1, 0.15) is 16.4 Å². The Labute approximate surface area is 110 Å². The Morgan fingerprint density at radius 1 is 1.32 bits per heavy atom. The van der Waals surface area contributed by atoms with Gasteiger partial charge in [-0.2, -0.15) is 5.10 Å². The third-order valence-electron chi connectivity index (χ3n) is 2.97. The molecule has 6 heteroatoms. The van der Waals surface area contributed by atoms with Crippen LogP contribution in [0.5, 0.6) is 0 Å². The number of hydrogen-bond acceptors (Lipinski definition) is 5. The maximum atomic E-state index is 12.6. The molecular weight excluding hydrogens is 242 g/mol. The first kappa shape index (κ1) is 11.6. The molecule has 0 saturated carbocycles. The van der Waals surface area contributed by atoms with Crippen molar-refractivity contribution in [2.45, 2.75) is 6.04 Å². The van der Waals surface area contributed by atoms with Gasteiger partial charge in [0.2, 0.25) is 0 Å². The molecule has 2 heterocycles. The van der Waals surface area contributed by atoms with E-state index in [1.54, 1.807) is 12.1 Å². The topological polar surface area (TPSA) is 72.2 Å². The number of aromatic nitrogens is 3. The molecule has 2 aromatic rings.